The molecule has 170 valence electrons. The number of guanidine groups is 1. The first kappa shape index (κ1) is 24.2. The molecular weight excluding hydrogens is 384 g/mol. The van der Waals surface area contributed by atoms with Gasteiger partial charge in [0, 0.05) is 65.1 Å². The van der Waals surface area contributed by atoms with E-state index in [-0.39, 0.29) is 0 Å². The lowest BCUT2D eigenvalue weighted by atomic mass is 10.1. The Hall–Kier alpha value is -2.03. The number of hydrogen-bond donors (Lipinski definition) is 1. The molecule has 0 saturated carbocycles. The molecule has 1 aliphatic rings. The molecule has 8 nitrogen and oxygen atoms in total. The molecule has 0 bridgehead atoms. The highest BCUT2D eigenvalue weighted by Gasteiger charge is 2.20. The Balaban J connectivity index is 1.82. The summed E-state index contributed by atoms with van der Waals surface area (Å²) in [4.78, 5) is 9.57. The molecule has 1 heterocycles. The number of nitrogens with one attached hydrogen (secondary N) is 1. The lowest BCUT2D eigenvalue weighted by Gasteiger charge is -2.36. The van der Waals surface area contributed by atoms with Crippen LogP contribution >= 0.6 is 0 Å². The first-order valence-corrected chi connectivity index (χ1v) is 10.7. The van der Waals surface area contributed by atoms with E-state index in [4.69, 9.17) is 23.9 Å². The van der Waals surface area contributed by atoms with Crippen LogP contribution in [0.15, 0.2) is 23.2 Å². The lowest BCUT2D eigenvalue weighted by Crippen LogP contribution is -2.52. The van der Waals surface area contributed by atoms with Gasteiger partial charge in [-0.3, -0.25) is 9.89 Å². The molecule has 2 rings (SSSR count). The van der Waals surface area contributed by atoms with Crippen LogP contribution in [-0.2, 0) is 16.0 Å². The van der Waals surface area contributed by atoms with Crippen molar-refractivity contribution in [2.24, 2.45) is 4.99 Å². The molecule has 0 aromatic heterocycles. The Morgan fingerprint density at radius 3 is 2.50 bits per heavy atom. The van der Waals surface area contributed by atoms with Crippen molar-refractivity contribution in [1.29, 1.82) is 0 Å². The van der Waals surface area contributed by atoms with Crippen LogP contribution in [0.25, 0.3) is 0 Å². The SMILES string of the molecule is CCNC(=NCCCOCCOC)N1CCN(Cc2cc(OC)ccc2OC)CC1. The van der Waals surface area contributed by atoms with Crippen molar-refractivity contribution < 1.29 is 18.9 Å². The molecule has 0 amide bonds. The number of piperazine rings is 1. The molecule has 0 spiro atoms. The molecule has 1 aromatic carbocycles. The highest BCUT2D eigenvalue weighted by atomic mass is 16.5. The topological polar surface area (TPSA) is 67.8 Å². The van der Waals surface area contributed by atoms with Gasteiger partial charge in [0.1, 0.15) is 11.5 Å². The first-order valence-electron chi connectivity index (χ1n) is 10.7. The lowest BCUT2D eigenvalue weighted by molar-refractivity contribution is 0.0702. The molecule has 8 heteroatoms. The largest absolute Gasteiger partial charge is 0.497 e. The maximum atomic E-state index is 5.52. The fourth-order valence-corrected chi connectivity index (χ4v) is 3.39. The van der Waals surface area contributed by atoms with Gasteiger partial charge in [-0.2, -0.15) is 0 Å². The number of methoxy groups -OCH3 is 3. The molecule has 1 aliphatic heterocycles. The van der Waals surface area contributed by atoms with E-state index in [0.29, 0.717) is 19.8 Å². The van der Waals surface area contributed by atoms with Gasteiger partial charge in [0.15, 0.2) is 5.96 Å². The Kier molecular flexibility index (Phi) is 11.4. The van der Waals surface area contributed by atoms with Crippen molar-refractivity contribution in [2.75, 3.05) is 80.4 Å². The van der Waals surface area contributed by atoms with Crippen molar-refractivity contribution >= 4 is 5.96 Å². The summed E-state index contributed by atoms with van der Waals surface area (Å²) in [7, 11) is 5.09. The standard InChI is InChI=1S/C22H38N4O4/c1-5-23-22(24-9-6-14-30-16-15-27-2)26-12-10-25(11-13-26)18-19-17-20(28-3)7-8-21(19)29-4/h7-8,17H,5-6,9-16,18H2,1-4H3,(H,23,24). The second-order valence-electron chi connectivity index (χ2n) is 7.14. The van der Waals surface area contributed by atoms with Crippen LogP contribution in [0.2, 0.25) is 0 Å². The normalized spacial score (nSPS) is 15.3. The van der Waals surface area contributed by atoms with Crippen LogP contribution in [0.1, 0.15) is 18.9 Å². The van der Waals surface area contributed by atoms with E-state index < -0.39 is 0 Å². The summed E-state index contributed by atoms with van der Waals surface area (Å²) >= 11 is 0. The zero-order chi connectivity index (χ0) is 21.6. The van der Waals surface area contributed by atoms with Gasteiger partial charge in [-0.05, 0) is 31.5 Å². The van der Waals surface area contributed by atoms with E-state index in [9.17, 15) is 0 Å². The van der Waals surface area contributed by atoms with Gasteiger partial charge in [0.05, 0.1) is 27.4 Å². The fraction of sp³-hybridized carbons (Fsp3) is 0.682. The number of rotatable bonds is 12. The minimum Gasteiger partial charge on any atom is -0.497 e. The summed E-state index contributed by atoms with van der Waals surface area (Å²) in [6.07, 6.45) is 0.911. The quantitative estimate of drug-likeness (QED) is 0.313. The number of nitrogens with zero attached hydrogens (tertiary/aromatic N) is 3. The van der Waals surface area contributed by atoms with Crippen molar-refractivity contribution in [3.8, 4) is 11.5 Å². The van der Waals surface area contributed by atoms with Gasteiger partial charge in [0.25, 0.3) is 0 Å². The second-order valence-corrected chi connectivity index (χ2v) is 7.14. The van der Waals surface area contributed by atoms with Crippen molar-refractivity contribution in [3.05, 3.63) is 23.8 Å². The smallest absolute Gasteiger partial charge is 0.194 e. The van der Waals surface area contributed by atoms with Gasteiger partial charge in [0.2, 0.25) is 0 Å². The summed E-state index contributed by atoms with van der Waals surface area (Å²) in [6, 6.07) is 5.97. The van der Waals surface area contributed by atoms with Gasteiger partial charge < -0.3 is 29.2 Å². The van der Waals surface area contributed by atoms with Gasteiger partial charge >= 0.3 is 0 Å². The summed E-state index contributed by atoms with van der Waals surface area (Å²) in [5.41, 5.74) is 1.15. The zero-order valence-corrected chi connectivity index (χ0v) is 19.0. The molecule has 1 aromatic rings. The predicted octanol–water partition coefficient (Wildman–Crippen LogP) is 1.84. The van der Waals surface area contributed by atoms with E-state index in [1.165, 1.54) is 0 Å². The summed E-state index contributed by atoms with van der Waals surface area (Å²) in [5.74, 6) is 2.76. The Labute approximate surface area is 181 Å². The molecule has 0 atom stereocenters. The third-order valence-corrected chi connectivity index (χ3v) is 5.03. The maximum absolute atomic E-state index is 5.52. The summed E-state index contributed by atoms with van der Waals surface area (Å²) in [5, 5.41) is 3.42. The van der Waals surface area contributed by atoms with Crippen LogP contribution in [0.4, 0.5) is 0 Å². The van der Waals surface area contributed by atoms with Crippen molar-refractivity contribution in [3.63, 3.8) is 0 Å². The number of aliphatic imine (C=N–C) groups is 1. The third kappa shape index (κ3) is 8.01. The molecule has 30 heavy (non-hydrogen) atoms. The van der Waals surface area contributed by atoms with Crippen molar-refractivity contribution in [1.82, 2.24) is 15.1 Å². The van der Waals surface area contributed by atoms with E-state index >= 15 is 0 Å². The summed E-state index contributed by atoms with van der Waals surface area (Å²) < 4.78 is 21.4. The Bertz CT molecular complexity index is 634. The van der Waals surface area contributed by atoms with E-state index in [1.54, 1.807) is 21.3 Å². The molecule has 1 N–H and O–H groups in total. The van der Waals surface area contributed by atoms with Crippen LogP contribution < -0.4 is 14.8 Å². The molecule has 1 fully saturated rings. The van der Waals surface area contributed by atoms with E-state index in [0.717, 1.165) is 75.3 Å². The number of ether oxygens (including phenoxy) is 4. The summed E-state index contributed by atoms with van der Waals surface area (Å²) in [6.45, 7) is 10.4. The maximum Gasteiger partial charge on any atom is 0.194 e. The molecular formula is C22H38N4O4. The van der Waals surface area contributed by atoms with Crippen LogP contribution in [-0.4, -0.2) is 96.2 Å². The first-order chi connectivity index (χ1) is 14.7. The zero-order valence-electron chi connectivity index (χ0n) is 19.0. The van der Waals surface area contributed by atoms with Crippen LogP contribution in [0, 0.1) is 0 Å². The van der Waals surface area contributed by atoms with Crippen molar-refractivity contribution in [2.45, 2.75) is 19.9 Å². The Morgan fingerprint density at radius 2 is 1.83 bits per heavy atom. The molecule has 1 saturated heterocycles. The van der Waals surface area contributed by atoms with Gasteiger partial charge in [-0.1, -0.05) is 0 Å². The molecule has 0 aliphatic carbocycles. The average molecular weight is 423 g/mol. The third-order valence-electron chi connectivity index (χ3n) is 5.03. The number of benzene rings is 1. The van der Waals surface area contributed by atoms with E-state index in [1.807, 2.05) is 12.1 Å². The minimum absolute atomic E-state index is 0.637. The predicted molar refractivity (Wildman–Crippen MR) is 120 cm³/mol. The highest BCUT2D eigenvalue weighted by molar-refractivity contribution is 5.80. The van der Waals surface area contributed by atoms with Crippen LogP contribution in [0.5, 0.6) is 11.5 Å². The monoisotopic (exact) mass is 422 g/mol. The van der Waals surface area contributed by atoms with Gasteiger partial charge in [-0.25, -0.2) is 0 Å². The Morgan fingerprint density at radius 1 is 1.03 bits per heavy atom. The molecule has 0 unspecified atom stereocenters. The minimum atomic E-state index is 0.637. The fourth-order valence-electron chi connectivity index (χ4n) is 3.39. The van der Waals surface area contributed by atoms with E-state index in [2.05, 4.69) is 28.1 Å². The highest BCUT2D eigenvalue weighted by Crippen LogP contribution is 2.25. The second kappa shape index (κ2) is 14.1. The van der Waals surface area contributed by atoms with Gasteiger partial charge in [-0.15, -0.1) is 0 Å². The number of hydrogen-bond acceptors (Lipinski definition) is 6. The molecule has 0 radical (unpaired) electrons. The average Bonchev–Trinajstić information content (AvgIpc) is 2.78. The van der Waals surface area contributed by atoms with Crippen LogP contribution in [0.3, 0.4) is 0 Å².